The molecule has 4 nitrogen and oxygen atoms in total. The summed E-state index contributed by atoms with van der Waals surface area (Å²) in [5.74, 6) is 0.918. The second-order valence-corrected chi connectivity index (χ2v) is 13.6. The fraction of sp³-hybridized carbons (Fsp3) is 0. The second-order valence-electron chi connectivity index (χ2n) is 13.6. The molecule has 0 fully saturated rings. The van der Waals surface area contributed by atoms with Gasteiger partial charge in [-0.2, -0.15) is 0 Å². The van der Waals surface area contributed by atoms with Crippen molar-refractivity contribution in [1.29, 1.82) is 0 Å². The van der Waals surface area contributed by atoms with E-state index in [0.29, 0.717) is 0 Å². The summed E-state index contributed by atoms with van der Waals surface area (Å²) in [5.41, 5.74) is 10.5. The molecule has 0 aliphatic heterocycles. The summed E-state index contributed by atoms with van der Waals surface area (Å²) in [6.07, 6.45) is 0. The molecule has 0 atom stereocenters. The molecule has 236 valence electrons. The predicted molar refractivity (Wildman–Crippen MR) is 213 cm³/mol. The van der Waals surface area contributed by atoms with E-state index < -0.39 is 0 Å². The molecule has 51 heavy (non-hydrogen) atoms. The van der Waals surface area contributed by atoms with Crippen molar-refractivity contribution in [2.24, 2.45) is 0 Å². The Morgan fingerprint density at radius 1 is 0.294 bits per heavy atom. The average Bonchev–Trinajstić information content (AvgIpc) is 3.83. The smallest absolute Gasteiger partial charge is 0.138 e. The molecule has 0 bridgehead atoms. The standard InChI is InChI=1S/C47H28N4/c1-6-16-36-29(11-1)21-28-45(48-36)51-43-26-24-41(49-37-17-7-2-12-30(37)31-13-3-8-18-38(31)49)34-22-23-35-42(25-27-44(51)47(35)46(34)43)50-39-19-9-4-14-32(39)33-15-5-10-20-40(33)50/h1-28H. The molecule has 4 heterocycles. The Hall–Kier alpha value is -6.91. The molecular weight excluding hydrogens is 621 g/mol. The van der Waals surface area contributed by atoms with Crippen LogP contribution in [0, 0.1) is 0 Å². The summed E-state index contributed by atoms with van der Waals surface area (Å²) >= 11 is 0. The third kappa shape index (κ3) is 3.50. The van der Waals surface area contributed by atoms with Crippen molar-refractivity contribution in [2.45, 2.75) is 0 Å². The number of hydrogen-bond donors (Lipinski definition) is 0. The molecule has 0 aliphatic carbocycles. The van der Waals surface area contributed by atoms with E-state index in [4.69, 9.17) is 4.98 Å². The van der Waals surface area contributed by atoms with Gasteiger partial charge in [0.1, 0.15) is 5.82 Å². The molecule has 0 aliphatic rings. The monoisotopic (exact) mass is 648 g/mol. The zero-order valence-corrected chi connectivity index (χ0v) is 27.5. The second kappa shape index (κ2) is 9.84. The highest BCUT2D eigenvalue weighted by Gasteiger charge is 2.24. The predicted octanol–water partition coefficient (Wildman–Crippen LogP) is 12.1. The van der Waals surface area contributed by atoms with E-state index in [-0.39, 0.29) is 0 Å². The van der Waals surface area contributed by atoms with Crippen molar-refractivity contribution in [3.63, 3.8) is 0 Å². The van der Waals surface area contributed by atoms with Gasteiger partial charge in [0.15, 0.2) is 0 Å². The molecule has 8 aromatic carbocycles. The molecule has 0 N–H and O–H groups in total. The van der Waals surface area contributed by atoms with Crippen LogP contribution in [0.5, 0.6) is 0 Å². The average molecular weight is 649 g/mol. The maximum Gasteiger partial charge on any atom is 0.138 e. The van der Waals surface area contributed by atoms with Gasteiger partial charge in [-0.05, 0) is 66.7 Å². The van der Waals surface area contributed by atoms with E-state index in [1.807, 2.05) is 0 Å². The third-order valence-electron chi connectivity index (χ3n) is 11.0. The lowest BCUT2D eigenvalue weighted by atomic mass is 9.99. The van der Waals surface area contributed by atoms with Crippen LogP contribution in [0.4, 0.5) is 0 Å². The number of benzene rings is 8. The number of hydrogen-bond acceptors (Lipinski definition) is 1. The summed E-state index contributed by atoms with van der Waals surface area (Å²) in [5, 5.41) is 11.1. The lowest BCUT2D eigenvalue weighted by Crippen LogP contribution is -1.99. The van der Waals surface area contributed by atoms with Crippen LogP contribution in [-0.2, 0) is 0 Å². The molecule has 0 saturated carbocycles. The van der Waals surface area contributed by atoms with Crippen LogP contribution < -0.4 is 0 Å². The highest BCUT2D eigenvalue weighted by atomic mass is 15.1. The van der Waals surface area contributed by atoms with Crippen LogP contribution in [-0.4, -0.2) is 18.7 Å². The van der Waals surface area contributed by atoms with Gasteiger partial charge in [0.2, 0.25) is 0 Å². The summed E-state index contributed by atoms with van der Waals surface area (Å²) in [7, 11) is 0. The molecule has 0 radical (unpaired) electrons. The first-order chi connectivity index (χ1) is 25.3. The number of aromatic nitrogens is 4. The molecule has 0 saturated heterocycles. The van der Waals surface area contributed by atoms with Crippen LogP contribution in [0.15, 0.2) is 170 Å². The first kappa shape index (κ1) is 27.0. The van der Waals surface area contributed by atoms with E-state index in [1.165, 1.54) is 76.5 Å². The topological polar surface area (TPSA) is 27.7 Å². The van der Waals surface area contributed by atoms with E-state index in [0.717, 1.165) is 27.8 Å². The Morgan fingerprint density at radius 3 is 1.22 bits per heavy atom. The quantitative estimate of drug-likeness (QED) is 0.175. The molecule has 0 amide bonds. The fourth-order valence-electron chi connectivity index (χ4n) is 8.91. The van der Waals surface area contributed by atoms with Crippen molar-refractivity contribution in [3.8, 4) is 17.2 Å². The van der Waals surface area contributed by atoms with Crippen LogP contribution in [0.3, 0.4) is 0 Å². The van der Waals surface area contributed by atoms with Gasteiger partial charge in [-0.15, -0.1) is 0 Å². The van der Waals surface area contributed by atoms with Crippen molar-refractivity contribution in [1.82, 2.24) is 18.7 Å². The highest BCUT2D eigenvalue weighted by Crippen LogP contribution is 2.45. The zero-order chi connectivity index (χ0) is 33.2. The number of fused-ring (bicyclic) bond motifs is 7. The molecule has 12 aromatic rings. The van der Waals surface area contributed by atoms with E-state index in [9.17, 15) is 0 Å². The fourth-order valence-corrected chi connectivity index (χ4v) is 8.91. The van der Waals surface area contributed by atoms with Gasteiger partial charge in [0, 0.05) is 48.5 Å². The maximum atomic E-state index is 5.24. The first-order valence-electron chi connectivity index (χ1n) is 17.5. The summed E-state index contributed by atoms with van der Waals surface area (Å²) in [6, 6.07) is 61.7. The van der Waals surface area contributed by atoms with E-state index >= 15 is 0 Å². The van der Waals surface area contributed by atoms with Crippen LogP contribution >= 0.6 is 0 Å². The normalized spacial score (nSPS) is 12.3. The summed E-state index contributed by atoms with van der Waals surface area (Å²) in [4.78, 5) is 5.24. The van der Waals surface area contributed by atoms with Gasteiger partial charge in [-0.25, -0.2) is 4.98 Å². The van der Waals surface area contributed by atoms with Gasteiger partial charge in [-0.1, -0.05) is 103 Å². The molecule has 12 rings (SSSR count). The lowest BCUT2D eigenvalue weighted by molar-refractivity contribution is 1.10. The number of nitrogens with zero attached hydrogens (tertiary/aromatic N) is 4. The highest BCUT2D eigenvalue weighted by molar-refractivity contribution is 6.28. The maximum absolute atomic E-state index is 5.24. The Labute approximate surface area is 292 Å². The van der Waals surface area contributed by atoms with Crippen LogP contribution in [0.1, 0.15) is 0 Å². The van der Waals surface area contributed by atoms with Crippen LogP contribution in [0.2, 0.25) is 0 Å². The minimum atomic E-state index is 0.918. The van der Waals surface area contributed by atoms with Crippen molar-refractivity contribution in [2.75, 3.05) is 0 Å². The summed E-state index contributed by atoms with van der Waals surface area (Å²) in [6.45, 7) is 0. The molecule has 0 spiro atoms. The molecule has 4 heteroatoms. The number of rotatable bonds is 3. The van der Waals surface area contributed by atoms with Crippen LogP contribution in [0.25, 0.3) is 104 Å². The largest absolute Gasteiger partial charge is 0.309 e. The van der Waals surface area contributed by atoms with Gasteiger partial charge in [0.05, 0.1) is 50.0 Å². The zero-order valence-electron chi connectivity index (χ0n) is 27.5. The lowest BCUT2D eigenvalue weighted by Gasteiger charge is -2.15. The van der Waals surface area contributed by atoms with Gasteiger partial charge >= 0.3 is 0 Å². The van der Waals surface area contributed by atoms with Gasteiger partial charge in [0.25, 0.3) is 0 Å². The van der Waals surface area contributed by atoms with E-state index in [2.05, 4.69) is 184 Å². The minimum absolute atomic E-state index is 0.918. The SMILES string of the molecule is c1ccc2nc(-n3c4ccc(-n5c6ccccc6c6ccccc65)c5ccc6c(-n7c8ccccc8c8ccccc87)ccc3c6c54)ccc2c1. The Bertz CT molecular complexity index is 3080. The third-order valence-corrected chi connectivity index (χ3v) is 11.0. The number of pyridine rings is 1. The summed E-state index contributed by atoms with van der Waals surface area (Å²) < 4.78 is 7.26. The first-order valence-corrected chi connectivity index (χ1v) is 17.5. The van der Waals surface area contributed by atoms with E-state index in [1.54, 1.807) is 0 Å². The Balaban J connectivity index is 1.25. The molecule has 4 aromatic heterocycles. The van der Waals surface area contributed by atoms with Crippen molar-refractivity contribution in [3.05, 3.63) is 170 Å². The van der Waals surface area contributed by atoms with Gasteiger partial charge in [-0.3, -0.25) is 4.57 Å². The minimum Gasteiger partial charge on any atom is -0.309 e. The molecule has 0 unspecified atom stereocenters. The Morgan fingerprint density at radius 2 is 0.725 bits per heavy atom. The van der Waals surface area contributed by atoms with Gasteiger partial charge < -0.3 is 9.13 Å². The molecular formula is C47H28N4. The Kier molecular flexibility index (Phi) is 5.20. The number of para-hydroxylation sites is 5. The van der Waals surface area contributed by atoms with Crippen molar-refractivity contribution >= 4 is 87.1 Å². The van der Waals surface area contributed by atoms with Crippen molar-refractivity contribution < 1.29 is 0 Å².